The second-order valence-corrected chi connectivity index (χ2v) is 7.22. The Labute approximate surface area is 156 Å². The van der Waals surface area contributed by atoms with Gasteiger partial charge in [0.2, 0.25) is 5.95 Å². The largest absolute Gasteiger partial charge is 0.383 e. The normalized spacial score (nSPS) is 11.8. The van der Waals surface area contributed by atoms with Crippen LogP contribution in [-0.2, 0) is 24.9 Å². The quantitative estimate of drug-likeness (QED) is 0.642. The van der Waals surface area contributed by atoms with E-state index in [0.29, 0.717) is 36.8 Å². The lowest BCUT2D eigenvalue weighted by Crippen LogP contribution is -2.40. The third-order valence-electron chi connectivity index (χ3n) is 4.48. The summed E-state index contributed by atoms with van der Waals surface area (Å²) in [6, 6.07) is 1.94. The first-order valence-electron chi connectivity index (χ1n) is 8.98. The summed E-state index contributed by atoms with van der Waals surface area (Å²) in [6.45, 7) is 8.96. The molecule has 0 spiro atoms. The minimum Gasteiger partial charge on any atom is -0.383 e. The van der Waals surface area contributed by atoms with Crippen LogP contribution in [0.25, 0.3) is 17.1 Å². The Morgan fingerprint density at radius 1 is 1.19 bits per heavy atom. The Morgan fingerprint density at radius 2 is 1.89 bits per heavy atom. The van der Waals surface area contributed by atoms with E-state index >= 15 is 0 Å². The Kier molecular flexibility index (Phi) is 5.05. The number of ether oxygens (including phenoxy) is 1. The maximum atomic E-state index is 13.2. The zero-order valence-electron chi connectivity index (χ0n) is 16.7. The molecule has 0 bridgehead atoms. The van der Waals surface area contributed by atoms with E-state index in [9.17, 15) is 9.59 Å². The molecule has 0 aliphatic carbocycles. The van der Waals surface area contributed by atoms with Gasteiger partial charge in [0.25, 0.3) is 5.56 Å². The Hall–Kier alpha value is -2.68. The van der Waals surface area contributed by atoms with Crippen LogP contribution in [0.1, 0.15) is 25.2 Å². The number of aryl methyl sites for hydroxylation is 3. The standard InChI is InChI=1S/C18H26N6O3/c1-11(2)10-23-16(25)14-15(21(5)18(23)26)19-17(22(14)7-8-27-6)24-13(4)9-12(3)20-24/h9,11H,7-8,10H2,1-6H3. The summed E-state index contributed by atoms with van der Waals surface area (Å²) in [4.78, 5) is 30.5. The summed E-state index contributed by atoms with van der Waals surface area (Å²) in [7, 11) is 3.24. The molecule has 3 heterocycles. The van der Waals surface area contributed by atoms with Gasteiger partial charge in [-0.1, -0.05) is 13.8 Å². The number of hydrogen-bond donors (Lipinski definition) is 0. The zero-order valence-corrected chi connectivity index (χ0v) is 16.7. The van der Waals surface area contributed by atoms with Crippen LogP contribution in [0, 0.1) is 19.8 Å². The lowest BCUT2D eigenvalue weighted by Gasteiger charge is -2.12. The topological polar surface area (TPSA) is 88.9 Å². The highest BCUT2D eigenvalue weighted by molar-refractivity contribution is 5.72. The van der Waals surface area contributed by atoms with Crippen LogP contribution in [-0.4, -0.2) is 42.2 Å². The van der Waals surface area contributed by atoms with Gasteiger partial charge in [0.15, 0.2) is 11.2 Å². The highest BCUT2D eigenvalue weighted by Crippen LogP contribution is 2.17. The molecule has 27 heavy (non-hydrogen) atoms. The van der Waals surface area contributed by atoms with E-state index in [1.165, 1.54) is 9.13 Å². The van der Waals surface area contributed by atoms with Crippen molar-refractivity contribution in [2.45, 2.75) is 40.8 Å². The Balaban J connectivity index is 2.40. The van der Waals surface area contributed by atoms with Gasteiger partial charge in [-0.05, 0) is 25.8 Å². The van der Waals surface area contributed by atoms with E-state index in [2.05, 4.69) is 10.1 Å². The summed E-state index contributed by atoms with van der Waals surface area (Å²) >= 11 is 0. The fraction of sp³-hybridized carbons (Fsp3) is 0.556. The van der Waals surface area contributed by atoms with Crippen LogP contribution in [0.3, 0.4) is 0 Å². The first-order chi connectivity index (χ1) is 12.8. The van der Waals surface area contributed by atoms with E-state index < -0.39 is 0 Å². The van der Waals surface area contributed by atoms with Crippen LogP contribution in [0.15, 0.2) is 15.7 Å². The minimum atomic E-state index is -0.363. The molecule has 3 aromatic heterocycles. The molecule has 0 saturated heterocycles. The molecule has 0 amide bonds. The lowest BCUT2D eigenvalue weighted by molar-refractivity contribution is 0.188. The van der Waals surface area contributed by atoms with Crippen LogP contribution < -0.4 is 11.2 Å². The maximum Gasteiger partial charge on any atom is 0.332 e. The molecule has 146 valence electrons. The van der Waals surface area contributed by atoms with Crippen molar-refractivity contribution in [3.63, 3.8) is 0 Å². The SMILES string of the molecule is COCCn1c(-n2nc(C)cc2C)nc2c1c(=O)n(CC(C)C)c(=O)n2C. The molecule has 0 aliphatic rings. The van der Waals surface area contributed by atoms with E-state index in [4.69, 9.17) is 4.74 Å². The average Bonchev–Trinajstić information content (AvgIpc) is 3.14. The third kappa shape index (κ3) is 3.23. The number of hydrogen-bond acceptors (Lipinski definition) is 5. The fourth-order valence-corrected chi connectivity index (χ4v) is 3.27. The maximum absolute atomic E-state index is 13.2. The highest BCUT2D eigenvalue weighted by atomic mass is 16.5. The fourth-order valence-electron chi connectivity index (χ4n) is 3.27. The molecular formula is C18H26N6O3. The Morgan fingerprint density at radius 3 is 2.44 bits per heavy atom. The Bertz CT molecular complexity index is 1100. The minimum absolute atomic E-state index is 0.165. The molecule has 0 atom stereocenters. The summed E-state index contributed by atoms with van der Waals surface area (Å²) in [5, 5.41) is 4.49. The molecule has 0 fully saturated rings. The molecule has 3 aromatic rings. The smallest absolute Gasteiger partial charge is 0.332 e. The van der Waals surface area contributed by atoms with Gasteiger partial charge < -0.3 is 9.30 Å². The predicted octanol–water partition coefficient (Wildman–Crippen LogP) is 1.00. The molecule has 0 N–H and O–H groups in total. The number of aromatic nitrogens is 6. The second-order valence-electron chi connectivity index (χ2n) is 7.22. The molecule has 0 aromatic carbocycles. The van der Waals surface area contributed by atoms with Crippen molar-refractivity contribution in [3.05, 3.63) is 38.3 Å². The van der Waals surface area contributed by atoms with Gasteiger partial charge >= 0.3 is 5.69 Å². The van der Waals surface area contributed by atoms with Crippen molar-refractivity contribution in [2.75, 3.05) is 13.7 Å². The summed E-state index contributed by atoms with van der Waals surface area (Å²) in [6.07, 6.45) is 0. The van der Waals surface area contributed by atoms with Crippen molar-refractivity contribution in [2.24, 2.45) is 13.0 Å². The van der Waals surface area contributed by atoms with Crippen molar-refractivity contribution in [1.29, 1.82) is 0 Å². The first-order valence-corrected chi connectivity index (χ1v) is 8.98. The molecule has 0 radical (unpaired) electrons. The van der Waals surface area contributed by atoms with Crippen LogP contribution >= 0.6 is 0 Å². The number of nitrogens with zero attached hydrogens (tertiary/aromatic N) is 6. The van der Waals surface area contributed by atoms with Crippen LogP contribution in [0.5, 0.6) is 0 Å². The second kappa shape index (κ2) is 7.15. The summed E-state index contributed by atoms with van der Waals surface area (Å²) in [5.74, 6) is 0.667. The van der Waals surface area contributed by atoms with E-state index in [1.807, 2.05) is 33.8 Å². The van der Waals surface area contributed by atoms with Gasteiger partial charge in [-0.2, -0.15) is 10.1 Å². The van der Waals surface area contributed by atoms with Gasteiger partial charge in [0.1, 0.15) is 0 Å². The third-order valence-corrected chi connectivity index (χ3v) is 4.48. The van der Waals surface area contributed by atoms with Crippen molar-refractivity contribution < 1.29 is 4.74 Å². The van der Waals surface area contributed by atoms with E-state index in [-0.39, 0.29) is 17.2 Å². The molecule has 3 rings (SSSR count). The van der Waals surface area contributed by atoms with Crippen LogP contribution in [0.2, 0.25) is 0 Å². The highest BCUT2D eigenvalue weighted by Gasteiger charge is 2.22. The van der Waals surface area contributed by atoms with E-state index in [1.54, 1.807) is 23.4 Å². The summed E-state index contributed by atoms with van der Waals surface area (Å²) in [5.41, 5.74) is 1.79. The molecule has 9 nitrogen and oxygen atoms in total. The predicted molar refractivity (Wildman–Crippen MR) is 103 cm³/mol. The molecule has 9 heteroatoms. The van der Waals surface area contributed by atoms with E-state index in [0.717, 1.165) is 11.4 Å². The summed E-state index contributed by atoms with van der Waals surface area (Å²) < 4.78 is 11.4. The van der Waals surface area contributed by atoms with Gasteiger partial charge in [0.05, 0.1) is 12.3 Å². The lowest BCUT2D eigenvalue weighted by atomic mass is 10.2. The molecule has 0 saturated carbocycles. The first kappa shape index (κ1) is 19.1. The number of rotatable bonds is 6. The molecule has 0 aliphatic heterocycles. The number of fused-ring (bicyclic) bond motifs is 1. The molecular weight excluding hydrogens is 348 g/mol. The number of methoxy groups -OCH3 is 1. The van der Waals surface area contributed by atoms with Gasteiger partial charge in [-0.15, -0.1) is 0 Å². The zero-order chi connectivity index (χ0) is 19.9. The average molecular weight is 374 g/mol. The van der Waals surface area contributed by atoms with Gasteiger partial charge in [-0.25, -0.2) is 9.48 Å². The number of imidazole rings is 1. The van der Waals surface area contributed by atoms with Crippen molar-refractivity contribution >= 4 is 11.2 Å². The monoisotopic (exact) mass is 374 g/mol. The van der Waals surface area contributed by atoms with Crippen molar-refractivity contribution in [3.8, 4) is 5.95 Å². The molecule has 0 unspecified atom stereocenters. The van der Waals surface area contributed by atoms with Crippen LogP contribution in [0.4, 0.5) is 0 Å². The van der Waals surface area contributed by atoms with Gasteiger partial charge in [-0.3, -0.25) is 13.9 Å². The van der Waals surface area contributed by atoms with Gasteiger partial charge in [0, 0.05) is 32.9 Å². The van der Waals surface area contributed by atoms with Crippen molar-refractivity contribution in [1.82, 2.24) is 28.5 Å².